The number of hydrogen-bond acceptors (Lipinski definition) is 4. The number of nitrogens with two attached hydrogens (primary N) is 1. The number of aliphatic imine (C=N–C) groups is 1. The van der Waals surface area contributed by atoms with Crippen molar-refractivity contribution in [1.29, 1.82) is 0 Å². The van der Waals surface area contributed by atoms with Gasteiger partial charge in [0.1, 0.15) is 11.7 Å². The van der Waals surface area contributed by atoms with Gasteiger partial charge in [-0.15, -0.1) is 11.6 Å². The van der Waals surface area contributed by atoms with Crippen molar-refractivity contribution < 1.29 is 8.42 Å². The molecule has 26 heavy (non-hydrogen) atoms. The Labute approximate surface area is 156 Å². The van der Waals surface area contributed by atoms with Gasteiger partial charge in [-0.25, -0.2) is 18.1 Å². The van der Waals surface area contributed by atoms with Crippen molar-refractivity contribution in [2.75, 3.05) is 10.6 Å². The molecule has 0 atom stereocenters. The summed E-state index contributed by atoms with van der Waals surface area (Å²) in [4.78, 5) is 4.16. The number of alkyl halides is 1. The van der Waals surface area contributed by atoms with Crippen LogP contribution in [0.4, 0.5) is 11.5 Å². The quantitative estimate of drug-likeness (QED) is 0.384. The van der Waals surface area contributed by atoms with Gasteiger partial charge in [0, 0.05) is 6.07 Å². The van der Waals surface area contributed by atoms with Gasteiger partial charge in [0.05, 0.1) is 28.3 Å². The molecule has 0 radical (unpaired) electrons. The third-order valence-corrected chi connectivity index (χ3v) is 5.08. The van der Waals surface area contributed by atoms with E-state index in [2.05, 4.69) is 14.8 Å². The minimum atomic E-state index is -3.78. The monoisotopic (exact) mass is 389 g/mol. The molecule has 0 aliphatic carbocycles. The summed E-state index contributed by atoms with van der Waals surface area (Å²) >= 11 is 5.58. The van der Waals surface area contributed by atoms with Crippen LogP contribution < -0.4 is 10.5 Å². The summed E-state index contributed by atoms with van der Waals surface area (Å²) in [5.41, 5.74) is 6.84. The van der Waals surface area contributed by atoms with E-state index in [4.69, 9.17) is 17.3 Å². The Hall–Kier alpha value is -2.84. The molecule has 0 aliphatic rings. The lowest BCUT2D eigenvalue weighted by molar-refractivity contribution is 0.600. The van der Waals surface area contributed by atoms with E-state index in [1.165, 1.54) is 23.0 Å². The number of aromatic nitrogens is 2. The van der Waals surface area contributed by atoms with Gasteiger partial charge in [-0.2, -0.15) is 5.10 Å². The van der Waals surface area contributed by atoms with E-state index < -0.39 is 10.0 Å². The third kappa shape index (κ3) is 4.04. The van der Waals surface area contributed by atoms with Crippen molar-refractivity contribution in [1.82, 2.24) is 9.78 Å². The minimum Gasteiger partial charge on any atom is -0.386 e. The maximum atomic E-state index is 12.6. The number of anilines is 1. The number of hydrogen-bond donors (Lipinski definition) is 2. The van der Waals surface area contributed by atoms with Crippen molar-refractivity contribution in [3.8, 4) is 5.69 Å². The molecule has 0 bridgehead atoms. The molecule has 0 unspecified atom stereocenters. The number of benzene rings is 2. The fraction of sp³-hybridized carbons (Fsp3) is 0.0588. The largest absolute Gasteiger partial charge is 0.386 e. The molecule has 0 saturated heterocycles. The number of para-hydroxylation sites is 1. The molecule has 3 N–H and O–H groups in total. The Morgan fingerprint density at radius 3 is 2.46 bits per heavy atom. The highest BCUT2D eigenvalue weighted by Gasteiger charge is 2.17. The van der Waals surface area contributed by atoms with Crippen LogP contribution in [-0.4, -0.2) is 29.9 Å². The van der Waals surface area contributed by atoms with Gasteiger partial charge >= 0.3 is 0 Å². The molecule has 7 nitrogen and oxygen atoms in total. The number of halogens is 1. The zero-order valence-electron chi connectivity index (χ0n) is 13.6. The van der Waals surface area contributed by atoms with Crippen molar-refractivity contribution in [3.05, 3.63) is 66.9 Å². The zero-order valence-corrected chi connectivity index (χ0v) is 15.2. The fourth-order valence-corrected chi connectivity index (χ4v) is 3.35. The average Bonchev–Trinajstić information content (AvgIpc) is 3.10. The standard InChI is InChI=1S/C17H16ClN5O2S/c18-12-16(19)21-13-6-8-15(9-7-13)26(24,25)22-17-10-11-20-23(17)14-4-2-1-3-5-14/h1-11,22H,12H2,(H2,19,21). The van der Waals surface area contributed by atoms with Gasteiger partial charge in [-0.3, -0.25) is 4.72 Å². The van der Waals surface area contributed by atoms with Gasteiger partial charge in [-0.1, -0.05) is 18.2 Å². The molecule has 0 saturated carbocycles. The van der Waals surface area contributed by atoms with Gasteiger partial charge in [0.25, 0.3) is 10.0 Å². The van der Waals surface area contributed by atoms with E-state index in [-0.39, 0.29) is 16.6 Å². The maximum Gasteiger partial charge on any atom is 0.263 e. The molecule has 0 spiro atoms. The molecule has 9 heteroatoms. The first kappa shape index (κ1) is 18.0. The van der Waals surface area contributed by atoms with E-state index in [0.717, 1.165) is 5.69 Å². The number of rotatable bonds is 6. The van der Waals surface area contributed by atoms with Gasteiger partial charge in [-0.05, 0) is 36.4 Å². The van der Waals surface area contributed by atoms with Crippen LogP contribution in [0, 0.1) is 0 Å². The van der Waals surface area contributed by atoms with Crippen LogP contribution in [0.1, 0.15) is 0 Å². The van der Waals surface area contributed by atoms with Crippen molar-refractivity contribution >= 4 is 39.0 Å². The van der Waals surface area contributed by atoms with Crippen LogP contribution in [0.3, 0.4) is 0 Å². The van der Waals surface area contributed by atoms with Gasteiger partial charge in [0.2, 0.25) is 0 Å². The van der Waals surface area contributed by atoms with E-state index in [1.54, 1.807) is 18.2 Å². The summed E-state index contributed by atoms with van der Waals surface area (Å²) in [6.07, 6.45) is 1.53. The first-order chi connectivity index (χ1) is 12.5. The Balaban J connectivity index is 1.86. The first-order valence-electron chi connectivity index (χ1n) is 7.61. The summed E-state index contributed by atoms with van der Waals surface area (Å²) < 4.78 is 29.3. The second-order valence-corrected chi connectivity index (χ2v) is 7.25. The Morgan fingerprint density at radius 2 is 1.81 bits per heavy atom. The Bertz CT molecular complexity index is 1010. The van der Waals surface area contributed by atoms with Crippen molar-refractivity contribution in [3.63, 3.8) is 0 Å². The molecule has 3 aromatic rings. The molecule has 134 valence electrons. The second-order valence-electron chi connectivity index (χ2n) is 5.30. The number of amidine groups is 1. The third-order valence-electron chi connectivity index (χ3n) is 3.44. The fourth-order valence-electron chi connectivity index (χ4n) is 2.25. The first-order valence-corrected chi connectivity index (χ1v) is 9.63. The number of sulfonamides is 1. The summed E-state index contributed by atoms with van der Waals surface area (Å²) in [6, 6.07) is 16.8. The smallest absolute Gasteiger partial charge is 0.263 e. The topological polar surface area (TPSA) is 102 Å². The molecule has 0 fully saturated rings. The summed E-state index contributed by atoms with van der Waals surface area (Å²) in [5, 5.41) is 4.17. The van der Waals surface area contributed by atoms with Crippen molar-refractivity contribution in [2.45, 2.75) is 4.90 Å². The van der Waals surface area contributed by atoms with E-state index in [0.29, 0.717) is 11.5 Å². The molecule has 0 aliphatic heterocycles. The zero-order chi connectivity index (χ0) is 18.6. The van der Waals surface area contributed by atoms with Crippen LogP contribution in [0.2, 0.25) is 0 Å². The van der Waals surface area contributed by atoms with Crippen LogP contribution in [-0.2, 0) is 10.0 Å². The van der Waals surface area contributed by atoms with Crippen LogP contribution in [0.5, 0.6) is 0 Å². The van der Waals surface area contributed by atoms with Crippen LogP contribution in [0.25, 0.3) is 5.69 Å². The Kier molecular flexibility index (Phi) is 5.24. The maximum absolute atomic E-state index is 12.6. The molecule has 0 amide bonds. The number of nitrogens with one attached hydrogen (secondary N) is 1. The van der Waals surface area contributed by atoms with Gasteiger partial charge in [0.15, 0.2) is 0 Å². The molecular weight excluding hydrogens is 374 g/mol. The molecule has 2 aromatic carbocycles. The van der Waals surface area contributed by atoms with Crippen LogP contribution in [0.15, 0.2) is 76.7 Å². The highest BCUT2D eigenvalue weighted by molar-refractivity contribution is 7.92. The second kappa shape index (κ2) is 7.59. The van der Waals surface area contributed by atoms with E-state index in [1.807, 2.05) is 30.3 Å². The summed E-state index contributed by atoms with van der Waals surface area (Å²) in [6.45, 7) is 0. The molecule has 1 heterocycles. The lowest BCUT2D eigenvalue weighted by Crippen LogP contribution is -2.16. The molecule has 1 aromatic heterocycles. The van der Waals surface area contributed by atoms with E-state index >= 15 is 0 Å². The lowest BCUT2D eigenvalue weighted by Gasteiger charge is -2.11. The highest BCUT2D eigenvalue weighted by atomic mass is 35.5. The van der Waals surface area contributed by atoms with Crippen molar-refractivity contribution in [2.24, 2.45) is 10.7 Å². The van der Waals surface area contributed by atoms with E-state index in [9.17, 15) is 8.42 Å². The predicted octanol–water partition coefficient (Wildman–Crippen LogP) is 2.90. The van der Waals surface area contributed by atoms with Crippen LogP contribution >= 0.6 is 11.6 Å². The molecule has 3 rings (SSSR count). The summed E-state index contributed by atoms with van der Waals surface area (Å²) in [5.74, 6) is 0.697. The predicted molar refractivity (Wildman–Crippen MR) is 103 cm³/mol. The lowest BCUT2D eigenvalue weighted by atomic mass is 10.3. The average molecular weight is 390 g/mol. The molecular formula is C17H16ClN5O2S. The highest BCUT2D eigenvalue weighted by Crippen LogP contribution is 2.21. The SMILES string of the molecule is NC(CCl)=Nc1ccc(S(=O)(=O)Nc2ccnn2-c2ccccc2)cc1. The Morgan fingerprint density at radius 1 is 1.12 bits per heavy atom. The number of nitrogens with zero attached hydrogens (tertiary/aromatic N) is 3. The van der Waals surface area contributed by atoms with Gasteiger partial charge < -0.3 is 5.73 Å². The minimum absolute atomic E-state index is 0.0988. The summed E-state index contributed by atoms with van der Waals surface area (Å²) in [7, 11) is -3.78. The normalized spacial score (nSPS) is 12.1.